The van der Waals surface area contributed by atoms with Gasteiger partial charge in [-0.05, 0) is 50.6 Å². The van der Waals surface area contributed by atoms with Crippen LogP contribution in [-0.2, 0) is 9.59 Å². The van der Waals surface area contributed by atoms with Gasteiger partial charge in [0.15, 0.2) is 30.1 Å². The van der Waals surface area contributed by atoms with E-state index in [2.05, 4.69) is 4.98 Å². The zero-order valence-corrected chi connectivity index (χ0v) is 17.6. The summed E-state index contributed by atoms with van der Waals surface area (Å²) in [6.45, 7) is 5.73. The fourth-order valence-electron chi connectivity index (χ4n) is 3.81. The van der Waals surface area contributed by atoms with E-state index in [1.54, 1.807) is 49.1 Å². The minimum Gasteiger partial charge on any atom is -0.482 e. The molecule has 2 unspecified atom stereocenters. The maximum atomic E-state index is 13.4. The third kappa shape index (κ3) is 3.56. The van der Waals surface area contributed by atoms with Crippen molar-refractivity contribution in [1.29, 1.82) is 0 Å². The molecule has 0 aliphatic carbocycles. The number of ketones is 1. The summed E-state index contributed by atoms with van der Waals surface area (Å²) in [5.41, 5.74) is 6.72. The number of carbonyl (C=O) groups excluding carboxylic acids is 3. The first-order chi connectivity index (χ1) is 14.8. The van der Waals surface area contributed by atoms with Crippen LogP contribution in [0.5, 0.6) is 11.5 Å². The number of rotatable bonds is 5. The molecule has 4 rings (SSSR count). The fourth-order valence-corrected chi connectivity index (χ4v) is 3.81. The molecule has 1 aromatic carbocycles. The van der Waals surface area contributed by atoms with E-state index in [9.17, 15) is 14.4 Å². The van der Waals surface area contributed by atoms with Crippen LogP contribution in [-0.4, -0.2) is 47.9 Å². The molecular formula is C22H24N4O5. The smallest absolute Gasteiger partial charge is 0.269 e. The summed E-state index contributed by atoms with van der Waals surface area (Å²) >= 11 is 0. The average Bonchev–Trinajstić information content (AvgIpc) is 2.76. The van der Waals surface area contributed by atoms with E-state index >= 15 is 0 Å². The van der Waals surface area contributed by atoms with Crippen LogP contribution < -0.4 is 25.0 Å². The summed E-state index contributed by atoms with van der Waals surface area (Å²) in [6.07, 6.45) is 0.00634. The van der Waals surface area contributed by atoms with Crippen LogP contribution in [0, 0.1) is 0 Å². The standard InChI is InChI=1S/C22H24N4O5/c1-4-9-25-15-10-14(5-6-16(15)30-11-19(25)27)20(28)12(2)26-21-17(7-8-18(23)24-21)31-13(3)22(26)29/h5-8,10,12-13H,4,9,11H2,1-3H3,(H2,23,24). The van der Waals surface area contributed by atoms with Crippen molar-refractivity contribution in [2.75, 3.05) is 28.7 Å². The Kier molecular flexibility index (Phi) is 5.26. The number of nitrogens with two attached hydrogens (primary N) is 1. The fraction of sp³-hybridized carbons (Fsp3) is 0.364. The molecule has 0 fully saturated rings. The van der Waals surface area contributed by atoms with Crippen molar-refractivity contribution in [3.63, 3.8) is 0 Å². The van der Waals surface area contributed by atoms with E-state index in [-0.39, 0.29) is 35.8 Å². The minimum atomic E-state index is -0.857. The molecule has 0 radical (unpaired) electrons. The lowest BCUT2D eigenvalue weighted by molar-refractivity contribution is -0.126. The number of hydrogen-bond acceptors (Lipinski definition) is 7. The highest BCUT2D eigenvalue weighted by molar-refractivity contribution is 6.10. The van der Waals surface area contributed by atoms with Gasteiger partial charge in [-0.1, -0.05) is 6.92 Å². The van der Waals surface area contributed by atoms with Crippen molar-refractivity contribution in [3.05, 3.63) is 35.9 Å². The van der Waals surface area contributed by atoms with Gasteiger partial charge in [-0.25, -0.2) is 4.98 Å². The zero-order chi connectivity index (χ0) is 22.3. The van der Waals surface area contributed by atoms with E-state index in [0.717, 1.165) is 6.42 Å². The largest absolute Gasteiger partial charge is 0.482 e. The second-order valence-electron chi connectivity index (χ2n) is 7.58. The van der Waals surface area contributed by atoms with Gasteiger partial charge in [0.2, 0.25) is 0 Å². The lowest BCUT2D eigenvalue weighted by atomic mass is 10.0. The number of ether oxygens (including phenoxy) is 2. The molecule has 2 aliphatic heterocycles. The molecule has 1 aromatic heterocycles. The van der Waals surface area contributed by atoms with E-state index in [1.807, 2.05) is 6.92 Å². The Morgan fingerprint density at radius 3 is 2.74 bits per heavy atom. The first-order valence-electron chi connectivity index (χ1n) is 10.2. The van der Waals surface area contributed by atoms with Gasteiger partial charge in [0.1, 0.15) is 11.6 Å². The molecule has 0 spiro atoms. The highest BCUT2D eigenvalue weighted by atomic mass is 16.5. The number of carbonyl (C=O) groups is 3. The molecule has 9 nitrogen and oxygen atoms in total. The molecule has 0 saturated heterocycles. The maximum Gasteiger partial charge on any atom is 0.269 e. The number of nitrogen functional groups attached to an aromatic ring is 1. The Balaban J connectivity index is 1.70. The Hall–Kier alpha value is -3.62. The van der Waals surface area contributed by atoms with Crippen molar-refractivity contribution in [3.8, 4) is 11.5 Å². The Morgan fingerprint density at radius 2 is 2.00 bits per heavy atom. The Labute approximate surface area is 179 Å². The third-order valence-corrected chi connectivity index (χ3v) is 5.38. The summed E-state index contributed by atoms with van der Waals surface area (Å²) in [5, 5.41) is 0. The number of pyridine rings is 1. The van der Waals surface area contributed by atoms with Gasteiger partial charge in [-0.15, -0.1) is 0 Å². The highest BCUT2D eigenvalue weighted by Crippen LogP contribution is 2.36. The lowest BCUT2D eigenvalue weighted by Crippen LogP contribution is -2.52. The molecule has 2 N–H and O–H groups in total. The van der Waals surface area contributed by atoms with Crippen molar-refractivity contribution >= 4 is 34.9 Å². The van der Waals surface area contributed by atoms with E-state index in [4.69, 9.17) is 15.2 Å². The van der Waals surface area contributed by atoms with Crippen molar-refractivity contribution < 1.29 is 23.9 Å². The average molecular weight is 424 g/mol. The highest BCUT2D eigenvalue weighted by Gasteiger charge is 2.39. The summed E-state index contributed by atoms with van der Waals surface area (Å²) < 4.78 is 11.1. The van der Waals surface area contributed by atoms with Gasteiger partial charge in [0.05, 0.1) is 11.7 Å². The number of fused-ring (bicyclic) bond motifs is 2. The molecule has 2 atom stereocenters. The van der Waals surface area contributed by atoms with E-state index < -0.39 is 12.1 Å². The summed E-state index contributed by atoms with van der Waals surface area (Å²) in [6, 6.07) is 7.31. The zero-order valence-electron chi connectivity index (χ0n) is 17.6. The number of benzene rings is 1. The molecule has 2 amide bonds. The molecule has 162 valence electrons. The van der Waals surface area contributed by atoms with Crippen LogP contribution in [0.3, 0.4) is 0 Å². The molecular weight excluding hydrogens is 400 g/mol. The topological polar surface area (TPSA) is 115 Å². The third-order valence-electron chi connectivity index (χ3n) is 5.38. The number of amides is 2. The number of nitrogens with zero attached hydrogens (tertiary/aromatic N) is 3. The first kappa shape index (κ1) is 20.6. The molecule has 31 heavy (non-hydrogen) atoms. The van der Waals surface area contributed by atoms with Crippen LogP contribution in [0.25, 0.3) is 0 Å². The van der Waals surface area contributed by atoms with Crippen LogP contribution in [0.1, 0.15) is 37.6 Å². The van der Waals surface area contributed by atoms with Crippen molar-refractivity contribution in [2.45, 2.75) is 39.3 Å². The molecule has 3 heterocycles. The SMILES string of the molecule is CCCN1C(=O)COc2ccc(C(=O)C(C)N3C(=O)C(C)Oc4ccc(N)nc43)cc21. The molecule has 2 aromatic rings. The van der Waals surface area contributed by atoms with Gasteiger partial charge in [0.25, 0.3) is 11.8 Å². The Bertz CT molecular complexity index is 1070. The van der Waals surface area contributed by atoms with Crippen LogP contribution in [0.4, 0.5) is 17.3 Å². The Morgan fingerprint density at radius 1 is 1.26 bits per heavy atom. The van der Waals surface area contributed by atoms with Gasteiger partial charge in [-0.2, -0.15) is 0 Å². The second kappa shape index (κ2) is 7.90. The second-order valence-corrected chi connectivity index (χ2v) is 7.58. The lowest BCUT2D eigenvalue weighted by Gasteiger charge is -2.35. The first-order valence-corrected chi connectivity index (χ1v) is 10.2. The van der Waals surface area contributed by atoms with Crippen LogP contribution in [0.15, 0.2) is 30.3 Å². The van der Waals surface area contributed by atoms with Gasteiger partial charge in [-0.3, -0.25) is 19.3 Å². The number of aromatic nitrogens is 1. The predicted octanol–water partition coefficient (Wildman–Crippen LogP) is 2.18. The number of hydrogen-bond donors (Lipinski definition) is 1. The predicted molar refractivity (Wildman–Crippen MR) is 115 cm³/mol. The van der Waals surface area contributed by atoms with Crippen molar-refractivity contribution in [1.82, 2.24) is 4.98 Å². The molecule has 0 saturated carbocycles. The minimum absolute atomic E-state index is 0.0270. The summed E-state index contributed by atoms with van der Waals surface area (Å²) in [5.74, 6) is 0.540. The normalized spacial score (nSPS) is 18.6. The molecule has 0 bridgehead atoms. The maximum absolute atomic E-state index is 13.4. The monoisotopic (exact) mass is 424 g/mol. The van der Waals surface area contributed by atoms with Crippen LogP contribution >= 0.6 is 0 Å². The van der Waals surface area contributed by atoms with E-state index in [1.165, 1.54) is 4.90 Å². The van der Waals surface area contributed by atoms with Crippen molar-refractivity contribution in [2.24, 2.45) is 0 Å². The quantitative estimate of drug-likeness (QED) is 0.732. The van der Waals surface area contributed by atoms with Crippen LogP contribution in [0.2, 0.25) is 0 Å². The number of anilines is 3. The molecule has 2 aliphatic rings. The van der Waals surface area contributed by atoms with E-state index in [0.29, 0.717) is 29.3 Å². The summed E-state index contributed by atoms with van der Waals surface area (Å²) in [4.78, 5) is 45.7. The van der Waals surface area contributed by atoms with Gasteiger partial charge >= 0.3 is 0 Å². The summed E-state index contributed by atoms with van der Waals surface area (Å²) in [7, 11) is 0. The van der Waals surface area contributed by atoms with Gasteiger partial charge in [0, 0.05) is 12.1 Å². The molecule has 9 heteroatoms. The van der Waals surface area contributed by atoms with Gasteiger partial charge < -0.3 is 20.1 Å². The number of Topliss-reactive ketones (excluding diaryl/α,β-unsaturated/α-hetero) is 1.